The molecule has 0 aliphatic rings. The molecule has 0 bridgehead atoms. The normalized spacial score (nSPS) is 12.2. The Morgan fingerprint density at radius 1 is 1.05 bits per heavy atom. The van der Waals surface area contributed by atoms with Crippen LogP contribution < -0.4 is 10.5 Å². The largest absolute Gasteiger partial charge is 0.494 e. The number of nitrogens with two attached hydrogens (primary N) is 1. The van der Waals surface area contributed by atoms with Crippen molar-refractivity contribution in [3.05, 3.63) is 65.2 Å². The quantitative estimate of drug-likeness (QED) is 0.885. The zero-order valence-electron chi connectivity index (χ0n) is 11.6. The summed E-state index contributed by atoms with van der Waals surface area (Å²) in [5.74, 6) is 0.913. The third-order valence-corrected chi connectivity index (χ3v) is 3.28. The first-order valence-electron chi connectivity index (χ1n) is 6.73. The van der Waals surface area contributed by atoms with Crippen LogP contribution in [0.1, 0.15) is 29.7 Å². The van der Waals surface area contributed by atoms with Crippen molar-refractivity contribution in [1.82, 2.24) is 0 Å². The molecule has 0 amide bonds. The highest BCUT2D eigenvalue weighted by Gasteiger charge is 2.09. The van der Waals surface area contributed by atoms with Gasteiger partial charge in [-0.1, -0.05) is 36.4 Å². The van der Waals surface area contributed by atoms with Crippen LogP contribution in [0.25, 0.3) is 0 Å². The maximum absolute atomic E-state index is 6.29. The second kappa shape index (κ2) is 6.39. The highest BCUT2D eigenvalue weighted by molar-refractivity contribution is 5.32. The zero-order valence-corrected chi connectivity index (χ0v) is 11.6. The van der Waals surface area contributed by atoms with E-state index in [4.69, 9.17) is 10.5 Å². The molecule has 2 aromatic carbocycles. The number of benzene rings is 2. The SMILES string of the molecule is CCOc1ccc(CC(N)c2ccccc2C)cc1. The van der Waals surface area contributed by atoms with Crippen LogP contribution in [-0.2, 0) is 6.42 Å². The average molecular weight is 255 g/mol. The Morgan fingerprint density at radius 2 is 1.74 bits per heavy atom. The van der Waals surface area contributed by atoms with Crippen LogP contribution in [0.2, 0.25) is 0 Å². The maximum atomic E-state index is 6.29. The second-order valence-corrected chi connectivity index (χ2v) is 4.74. The molecule has 100 valence electrons. The van der Waals surface area contributed by atoms with E-state index in [0.29, 0.717) is 6.61 Å². The van der Waals surface area contributed by atoms with E-state index in [2.05, 4.69) is 31.2 Å². The van der Waals surface area contributed by atoms with Crippen LogP contribution in [0.4, 0.5) is 0 Å². The molecule has 1 unspecified atom stereocenters. The first-order chi connectivity index (χ1) is 9.20. The van der Waals surface area contributed by atoms with Crippen LogP contribution in [-0.4, -0.2) is 6.61 Å². The summed E-state index contributed by atoms with van der Waals surface area (Å²) in [6.45, 7) is 4.79. The molecule has 0 spiro atoms. The number of aryl methyl sites for hydroxylation is 1. The minimum absolute atomic E-state index is 0.0409. The Kier molecular flexibility index (Phi) is 4.58. The highest BCUT2D eigenvalue weighted by atomic mass is 16.5. The Labute approximate surface area is 115 Å². The molecule has 0 saturated carbocycles. The molecule has 0 fully saturated rings. The molecular weight excluding hydrogens is 234 g/mol. The number of rotatable bonds is 5. The van der Waals surface area contributed by atoms with Crippen molar-refractivity contribution < 1.29 is 4.74 Å². The first-order valence-corrected chi connectivity index (χ1v) is 6.73. The van der Waals surface area contributed by atoms with E-state index in [1.165, 1.54) is 16.7 Å². The predicted molar refractivity (Wildman–Crippen MR) is 79.4 cm³/mol. The van der Waals surface area contributed by atoms with Gasteiger partial charge in [0.25, 0.3) is 0 Å². The Hall–Kier alpha value is -1.80. The fourth-order valence-corrected chi connectivity index (χ4v) is 2.26. The van der Waals surface area contributed by atoms with Crippen molar-refractivity contribution in [3.8, 4) is 5.75 Å². The van der Waals surface area contributed by atoms with E-state index < -0.39 is 0 Å². The average Bonchev–Trinajstić information content (AvgIpc) is 2.42. The topological polar surface area (TPSA) is 35.2 Å². The molecule has 0 aromatic heterocycles. The smallest absolute Gasteiger partial charge is 0.119 e. The van der Waals surface area contributed by atoms with Gasteiger partial charge in [-0.2, -0.15) is 0 Å². The van der Waals surface area contributed by atoms with Crippen molar-refractivity contribution >= 4 is 0 Å². The molecule has 0 heterocycles. The van der Waals surface area contributed by atoms with E-state index in [1.54, 1.807) is 0 Å². The standard InChI is InChI=1S/C17H21NO/c1-3-19-15-10-8-14(9-11-15)12-17(18)16-7-5-4-6-13(16)2/h4-11,17H,3,12,18H2,1-2H3. The number of hydrogen-bond donors (Lipinski definition) is 1. The van der Waals surface area contributed by atoms with Crippen molar-refractivity contribution in [2.45, 2.75) is 26.3 Å². The minimum Gasteiger partial charge on any atom is -0.494 e. The van der Waals surface area contributed by atoms with E-state index in [9.17, 15) is 0 Å². The fraction of sp³-hybridized carbons (Fsp3) is 0.294. The third kappa shape index (κ3) is 3.58. The summed E-state index contributed by atoms with van der Waals surface area (Å²) in [5, 5.41) is 0. The molecule has 1 atom stereocenters. The lowest BCUT2D eigenvalue weighted by atomic mass is 9.96. The van der Waals surface area contributed by atoms with E-state index in [-0.39, 0.29) is 6.04 Å². The Bertz CT molecular complexity index is 519. The number of hydrogen-bond acceptors (Lipinski definition) is 2. The lowest BCUT2D eigenvalue weighted by Crippen LogP contribution is -2.14. The summed E-state index contributed by atoms with van der Waals surface area (Å²) in [4.78, 5) is 0. The van der Waals surface area contributed by atoms with E-state index >= 15 is 0 Å². The molecule has 2 nitrogen and oxygen atoms in total. The molecule has 0 aliphatic carbocycles. The molecule has 2 heteroatoms. The molecule has 2 rings (SSSR count). The molecule has 2 aromatic rings. The minimum atomic E-state index is 0.0409. The van der Waals surface area contributed by atoms with E-state index in [0.717, 1.165) is 12.2 Å². The second-order valence-electron chi connectivity index (χ2n) is 4.74. The maximum Gasteiger partial charge on any atom is 0.119 e. The van der Waals surface area contributed by atoms with Gasteiger partial charge >= 0.3 is 0 Å². The van der Waals surface area contributed by atoms with Gasteiger partial charge in [0.05, 0.1) is 6.61 Å². The molecular formula is C17H21NO. The third-order valence-electron chi connectivity index (χ3n) is 3.28. The molecule has 0 saturated heterocycles. The van der Waals surface area contributed by atoms with Gasteiger partial charge in [-0.05, 0) is 49.1 Å². The molecule has 2 N–H and O–H groups in total. The van der Waals surface area contributed by atoms with Gasteiger partial charge in [0.1, 0.15) is 5.75 Å². The van der Waals surface area contributed by atoms with Crippen molar-refractivity contribution in [2.75, 3.05) is 6.61 Å². The summed E-state index contributed by atoms with van der Waals surface area (Å²) in [5.41, 5.74) is 10.00. The summed E-state index contributed by atoms with van der Waals surface area (Å²) in [7, 11) is 0. The molecule has 19 heavy (non-hydrogen) atoms. The van der Waals surface area contributed by atoms with Crippen molar-refractivity contribution in [3.63, 3.8) is 0 Å². The fourth-order valence-electron chi connectivity index (χ4n) is 2.26. The van der Waals surface area contributed by atoms with Crippen molar-refractivity contribution in [2.24, 2.45) is 5.73 Å². The summed E-state index contributed by atoms with van der Waals surface area (Å²) >= 11 is 0. The highest BCUT2D eigenvalue weighted by Crippen LogP contribution is 2.21. The van der Waals surface area contributed by atoms with Gasteiger partial charge < -0.3 is 10.5 Å². The lowest BCUT2D eigenvalue weighted by molar-refractivity contribution is 0.340. The van der Waals surface area contributed by atoms with Gasteiger partial charge in [0, 0.05) is 6.04 Å². The van der Waals surface area contributed by atoms with Gasteiger partial charge in [-0.25, -0.2) is 0 Å². The summed E-state index contributed by atoms with van der Waals surface area (Å²) in [6, 6.07) is 16.5. The monoisotopic (exact) mass is 255 g/mol. The van der Waals surface area contributed by atoms with Gasteiger partial charge in [0.15, 0.2) is 0 Å². The van der Waals surface area contributed by atoms with Gasteiger partial charge in [-0.15, -0.1) is 0 Å². The van der Waals surface area contributed by atoms with Crippen LogP contribution in [0.3, 0.4) is 0 Å². The summed E-state index contributed by atoms with van der Waals surface area (Å²) < 4.78 is 5.44. The first kappa shape index (κ1) is 13.6. The van der Waals surface area contributed by atoms with Crippen LogP contribution in [0.15, 0.2) is 48.5 Å². The lowest BCUT2D eigenvalue weighted by Gasteiger charge is -2.15. The van der Waals surface area contributed by atoms with Crippen LogP contribution >= 0.6 is 0 Å². The van der Waals surface area contributed by atoms with Crippen molar-refractivity contribution in [1.29, 1.82) is 0 Å². The predicted octanol–water partition coefficient (Wildman–Crippen LogP) is 3.64. The van der Waals surface area contributed by atoms with Gasteiger partial charge in [-0.3, -0.25) is 0 Å². The summed E-state index contributed by atoms with van der Waals surface area (Å²) in [6.07, 6.45) is 0.845. The molecule has 0 aliphatic heterocycles. The zero-order chi connectivity index (χ0) is 13.7. The number of ether oxygens (including phenoxy) is 1. The van der Waals surface area contributed by atoms with Gasteiger partial charge in [0.2, 0.25) is 0 Å². The van der Waals surface area contributed by atoms with Crippen LogP contribution in [0, 0.1) is 6.92 Å². The Morgan fingerprint density at radius 3 is 2.37 bits per heavy atom. The van der Waals surface area contributed by atoms with E-state index in [1.807, 2.05) is 31.2 Å². The Balaban J connectivity index is 2.06. The molecule has 0 radical (unpaired) electrons. The van der Waals surface area contributed by atoms with Crippen LogP contribution in [0.5, 0.6) is 5.75 Å².